The number of hydrogen-bond donors (Lipinski definition) is 2. The summed E-state index contributed by atoms with van der Waals surface area (Å²) in [4.78, 5) is 23.5. The molecule has 0 aliphatic carbocycles. The first-order chi connectivity index (χ1) is 16.7. The monoisotopic (exact) mass is 486 g/mol. The van der Waals surface area contributed by atoms with Crippen molar-refractivity contribution in [3.63, 3.8) is 0 Å². The predicted molar refractivity (Wildman–Crippen MR) is 138 cm³/mol. The summed E-state index contributed by atoms with van der Waals surface area (Å²) in [5.74, 6) is -0.139. The lowest BCUT2D eigenvalue weighted by atomic mass is 10.1. The van der Waals surface area contributed by atoms with Crippen LogP contribution in [0.1, 0.15) is 141 Å². The van der Waals surface area contributed by atoms with Gasteiger partial charge >= 0.3 is 11.9 Å². The Bertz CT molecular complexity index is 401. The summed E-state index contributed by atoms with van der Waals surface area (Å²) in [5, 5.41) is 17.5. The van der Waals surface area contributed by atoms with E-state index in [1.54, 1.807) is 0 Å². The highest BCUT2D eigenvalue weighted by Crippen LogP contribution is 2.11. The Morgan fingerprint density at radius 3 is 0.971 bits per heavy atom. The zero-order valence-electron chi connectivity index (χ0n) is 21.9. The normalized spacial score (nSPS) is 11.0. The maximum absolute atomic E-state index is 11.7. The first kappa shape index (κ1) is 32.9. The van der Waals surface area contributed by atoms with E-state index >= 15 is 0 Å². The van der Waals surface area contributed by atoms with E-state index in [1.165, 1.54) is 25.7 Å². The third-order valence-corrected chi connectivity index (χ3v) is 6.14. The molecule has 0 aliphatic rings. The molecule has 6 heteroatoms. The Morgan fingerprint density at radius 2 is 0.647 bits per heavy atom. The number of rotatable bonds is 27. The van der Waals surface area contributed by atoms with Crippen LogP contribution in [0.5, 0.6) is 0 Å². The lowest BCUT2D eigenvalue weighted by Gasteiger charge is -2.06. The van der Waals surface area contributed by atoms with E-state index in [0.29, 0.717) is 26.1 Å². The molecule has 0 aromatic heterocycles. The summed E-state index contributed by atoms with van der Waals surface area (Å²) >= 11 is 0. The van der Waals surface area contributed by atoms with Crippen molar-refractivity contribution < 1.29 is 29.3 Å². The van der Waals surface area contributed by atoms with Gasteiger partial charge in [0.25, 0.3) is 0 Å². The van der Waals surface area contributed by atoms with Crippen molar-refractivity contribution in [2.24, 2.45) is 0 Å². The predicted octanol–water partition coefficient (Wildman–Crippen LogP) is 6.64. The first-order valence-corrected chi connectivity index (χ1v) is 14.2. The summed E-state index contributed by atoms with van der Waals surface area (Å²) in [7, 11) is 0. The van der Waals surface area contributed by atoms with Crippen LogP contribution >= 0.6 is 0 Å². The Balaban J connectivity index is 3.23. The highest BCUT2D eigenvalue weighted by molar-refractivity contribution is 5.69. The molecule has 2 N–H and O–H groups in total. The van der Waals surface area contributed by atoms with Gasteiger partial charge in [-0.25, -0.2) is 0 Å². The van der Waals surface area contributed by atoms with Crippen LogP contribution in [-0.4, -0.2) is 48.6 Å². The van der Waals surface area contributed by atoms with Gasteiger partial charge < -0.3 is 19.7 Å². The van der Waals surface area contributed by atoms with Crippen LogP contribution in [0.15, 0.2) is 0 Å². The summed E-state index contributed by atoms with van der Waals surface area (Å²) in [6.07, 6.45) is 22.3. The van der Waals surface area contributed by atoms with Crippen LogP contribution < -0.4 is 0 Å². The number of carbonyl (C=O) groups is 2. The number of unbranched alkanes of at least 4 members (excludes halogenated alkanes) is 17. The summed E-state index contributed by atoms with van der Waals surface area (Å²) in [5.41, 5.74) is 0. The minimum Gasteiger partial charge on any atom is -0.466 e. The van der Waals surface area contributed by atoms with Gasteiger partial charge in [0, 0.05) is 26.1 Å². The van der Waals surface area contributed by atoms with Gasteiger partial charge in [0.05, 0.1) is 13.2 Å². The molecule has 0 amide bonds. The third kappa shape index (κ3) is 27.1. The molecule has 0 bridgehead atoms. The van der Waals surface area contributed by atoms with Gasteiger partial charge in [-0.05, 0) is 38.5 Å². The molecule has 0 saturated carbocycles. The minimum atomic E-state index is -0.0693. The molecule has 0 rings (SSSR count). The first-order valence-electron chi connectivity index (χ1n) is 14.2. The lowest BCUT2D eigenvalue weighted by Crippen LogP contribution is -2.06. The highest BCUT2D eigenvalue weighted by Gasteiger charge is 2.04. The molecule has 202 valence electrons. The molecule has 0 spiro atoms. The number of aliphatic hydroxyl groups excluding tert-OH is 2. The Hall–Kier alpha value is -1.14. The molecule has 0 aromatic carbocycles. The van der Waals surface area contributed by atoms with Crippen LogP contribution in [-0.2, 0) is 19.1 Å². The van der Waals surface area contributed by atoms with E-state index in [9.17, 15) is 9.59 Å². The van der Waals surface area contributed by atoms with Crippen molar-refractivity contribution in [1.82, 2.24) is 0 Å². The third-order valence-electron chi connectivity index (χ3n) is 6.14. The van der Waals surface area contributed by atoms with Gasteiger partial charge in [-0.2, -0.15) is 0 Å². The standard InChI is InChI=1S/C28H54O6/c29-23-17-11-5-1-3-9-15-21-27(31)33-25-19-13-7-8-14-20-26-34-28(32)22-16-10-4-2-6-12-18-24-30/h29-30H,1-26H2. The van der Waals surface area contributed by atoms with Crippen LogP contribution in [0, 0.1) is 0 Å². The fourth-order valence-corrected chi connectivity index (χ4v) is 3.96. The minimum absolute atomic E-state index is 0.0693. The average Bonchev–Trinajstić information content (AvgIpc) is 2.83. The molecule has 6 nitrogen and oxygen atoms in total. The van der Waals surface area contributed by atoms with Gasteiger partial charge in [-0.1, -0.05) is 89.9 Å². The maximum Gasteiger partial charge on any atom is 0.305 e. The van der Waals surface area contributed by atoms with Crippen molar-refractivity contribution in [2.75, 3.05) is 26.4 Å². The average molecular weight is 487 g/mol. The fourth-order valence-electron chi connectivity index (χ4n) is 3.96. The zero-order valence-corrected chi connectivity index (χ0v) is 21.9. The molecule has 0 unspecified atom stereocenters. The van der Waals surface area contributed by atoms with E-state index in [2.05, 4.69) is 0 Å². The highest BCUT2D eigenvalue weighted by atomic mass is 16.5. The van der Waals surface area contributed by atoms with E-state index in [0.717, 1.165) is 103 Å². The largest absolute Gasteiger partial charge is 0.466 e. The van der Waals surface area contributed by atoms with Crippen LogP contribution in [0.2, 0.25) is 0 Å². The maximum atomic E-state index is 11.7. The van der Waals surface area contributed by atoms with Crippen molar-refractivity contribution in [1.29, 1.82) is 0 Å². The van der Waals surface area contributed by atoms with Crippen LogP contribution in [0.25, 0.3) is 0 Å². The smallest absolute Gasteiger partial charge is 0.305 e. The fraction of sp³-hybridized carbons (Fsp3) is 0.929. The molecule has 0 aromatic rings. The second-order valence-electron chi connectivity index (χ2n) is 9.46. The van der Waals surface area contributed by atoms with Gasteiger partial charge in [0.2, 0.25) is 0 Å². The van der Waals surface area contributed by atoms with E-state index in [4.69, 9.17) is 19.7 Å². The second kappa shape index (κ2) is 28.1. The summed E-state index contributed by atoms with van der Waals surface area (Å²) < 4.78 is 10.6. The molecular formula is C28H54O6. The quantitative estimate of drug-likeness (QED) is 0.0998. The Kier molecular flexibility index (Phi) is 27.2. The van der Waals surface area contributed by atoms with Gasteiger partial charge in [0.1, 0.15) is 0 Å². The molecule has 34 heavy (non-hydrogen) atoms. The van der Waals surface area contributed by atoms with Crippen molar-refractivity contribution in [3.05, 3.63) is 0 Å². The molecular weight excluding hydrogens is 432 g/mol. The SMILES string of the molecule is O=C(CCCCCCCCCO)OCCCCCCCCOC(=O)CCCCCCCCCO. The molecule has 0 saturated heterocycles. The van der Waals surface area contributed by atoms with Crippen molar-refractivity contribution in [2.45, 2.75) is 141 Å². The second-order valence-corrected chi connectivity index (χ2v) is 9.46. The molecule has 0 atom stereocenters. The molecule has 0 heterocycles. The number of aliphatic hydroxyl groups is 2. The number of esters is 2. The van der Waals surface area contributed by atoms with Crippen molar-refractivity contribution >= 4 is 11.9 Å². The number of ether oxygens (including phenoxy) is 2. The zero-order chi connectivity index (χ0) is 25.0. The van der Waals surface area contributed by atoms with Gasteiger partial charge in [-0.15, -0.1) is 0 Å². The van der Waals surface area contributed by atoms with Gasteiger partial charge in [-0.3, -0.25) is 9.59 Å². The topological polar surface area (TPSA) is 93.1 Å². The van der Waals surface area contributed by atoms with Crippen LogP contribution in [0.3, 0.4) is 0 Å². The van der Waals surface area contributed by atoms with E-state index < -0.39 is 0 Å². The molecule has 0 aliphatic heterocycles. The Labute approximate surface area is 209 Å². The number of carbonyl (C=O) groups excluding carboxylic acids is 2. The molecule has 0 radical (unpaired) electrons. The summed E-state index contributed by atoms with van der Waals surface area (Å²) in [6, 6.07) is 0. The summed E-state index contributed by atoms with van der Waals surface area (Å²) in [6.45, 7) is 1.64. The molecule has 0 fully saturated rings. The number of hydrogen-bond acceptors (Lipinski definition) is 6. The van der Waals surface area contributed by atoms with E-state index in [1.807, 2.05) is 0 Å². The van der Waals surface area contributed by atoms with E-state index in [-0.39, 0.29) is 25.2 Å². The lowest BCUT2D eigenvalue weighted by molar-refractivity contribution is -0.144. The van der Waals surface area contributed by atoms with Crippen LogP contribution in [0.4, 0.5) is 0 Å². The van der Waals surface area contributed by atoms with Gasteiger partial charge in [0.15, 0.2) is 0 Å². The Morgan fingerprint density at radius 1 is 0.382 bits per heavy atom. The van der Waals surface area contributed by atoms with Crippen molar-refractivity contribution in [3.8, 4) is 0 Å².